The number of carbonyl (C=O) groups excluding carboxylic acids is 2. The van der Waals surface area contributed by atoms with Crippen LogP contribution in [0.15, 0.2) is 30.3 Å². The van der Waals surface area contributed by atoms with E-state index in [0.717, 1.165) is 0 Å². The number of hydrogen-bond donors (Lipinski definition) is 3. The third-order valence-electron chi connectivity index (χ3n) is 4.28. The minimum Gasteiger partial charge on any atom is -0.373 e. The molecule has 0 spiro atoms. The van der Waals surface area contributed by atoms with Crippen molar-refractivity contribution in [3.8, 4) is 23.2 Å². The largest absolute Gasteiger partial charge is 0.373 e. The van der Waals surface area contributed by atoms with Gasteiger partial charge in [0, 0.05) is 44.3 Å². The topological polar surface area (TPSA) is 121 Å². The Bertz CT molecular complexity index is 979. The van der Waals surface area contributed by atoms with Crippen LogP contribution in [0.4, 0.5) is 5.82 Å². The number of likely N-dealkylation sites (N-methyl/N-ethyl adjacent to an activating group) is 1. The molecule has 4 N–H and O–H groups in total. The van der Waals surface area contributed by atoms with Gasteiger partial charge in [-0.05, 0) is 12.1 Å². The van der Waals surface area contributed by atoms with Crippen LogP contribution in [0.25, 0.3) is 11.4 Å². The number of rotatable bonds is 3. The molecular weight excluding hydrogens is 346 g/mol. The van der Waals surface area contributed by atoms with Crippen LogP contribution in [0.1, 0.15) is 22.5 Å². The average molecular weight is 365 g/mol. The molecule has 27 heavy (non-hydrogen) atoms. The summed E-state index contributed by atoms with van der Waals surface area (Å²) in [5.41, 5.74) is 4.97. The molecule has 1 atom stereocenters. The van der Waals surface area contributed by atoms with E-state index in [2.05, 4.69) is 27.1 Å². The first kappa shape index (κ1) is 18.4. The number of nitrogens with one attached hydrogen (secondary N) is 1. The standard InChI is InChI=1S/C19H19N5O3/c1-21-15-11-14(16(20)25)22-17(23-15)13-5-3-4-12(10-13)6-7-19(27)8-9-24(2)18(19)26/h3-5,10-11,27H,8-9H2,1-2H3,(H2,20,25)(H,21,22,23)/t19-/m0/s1. The predicted molar refractivity (Wildman–Crippen MR) is 99.6 cm³/mol. The number of hydrogen-bond acceptors (Lipinski definition) is 6. The number of likely N-dealkylation sites (tertiary alicyclic amines) is 1. The highest BCUT2D eigenvalue weighted by Gasteiger charge is 2.42. The molecule has 0 unspecified atom stereocenters. The molecule has 3 rings (SSSR count). The van der Waals surface area contributed by atoms with Crippen molar-refractivity contribution in [3.05, 3.63) is 41.6 Å². The van der Waals surface area contributed by atoms with Gasteiger partial charge in [-0.1, -0.05) is 24.0 Å². The number of aliphatic hydroxyl groups is 1. The van der Waals surface area contributed by atoms with Gasteiger partial charge in [0.2, 0.25) is 5.60 Å². The maximum Gasteiger partial charge on any atom is 0.267 e. The average Bonchev–Trinajstić information content (AvgIpc) is 2.94. The highest BCUT2D eigenvalue weighted by atomic mass is 16.3. The van der Waals surface area contributed by atoms with E-state index in [4.69, 9.17) is 5.73 Å². The van der Waals surface area contributed by atoms with Gasteiger partial charge in [-0.15, -0.1) is 0 Å². The van der Waals surface area contributed by atoms with Crippen molar-refractivity contribution in [3.63, 3.8) is 0 Å². The molecule has 1 aromatic carbocycles. The Morgan fingerprint density at radius 3 is 2.78 bits per heavy atom. The van der Waals surface area contributed by atoms with Crippen LogP contribution in [0.2, 0.25) is 0 Å². The summed E-state index contributed by atoms with van der Waals surface area (Å²) in [5.74, 6) is 5.23. The number of aromatic nitrogens is 2. The van der Waals surface area contributed by atoms with Crippen LogP contribution in [-0.2, 0) is 4.79 Å². The zero-order chi connectivity index (χ0) is 19.6. The third kappa shape index (κ3) is 3.73. The first-order valence-corrected chi connectivity index (χ1v) is 8.30. The van der Waals surface area contributed by atoms with Crippen LogP contribution in [0.5, 0.6) is 0 Å². The molecule has 1 saturated heterocycles. The Balaban J connectivity index is 1.96. The van der Waals surface area contributed by atoms with Gasteiger partial charge in [0.1, 0.15) is 11.5 Å². The molecule has 0 bridgehead atoms. The Morgan fingerprint density at radius 1 is 1.37 bits per heavy atom. The first-order valence-electron chi connectivity index (χ1n) is 8.30. The lowest BCUT2D eigenvalue weighted by molar-refractivity contribution is -0.137. The van der Waals surface area contributed by atoms with Crippen molar-refractivity contribution < 1.29 is 14.7 Å². The minimum atomic E-state index is -1.66. The number of anilines is 1. The highest BCUT2D eigenvalue weighted by molar-refractivity contribution is 5.92. The molecular formula is C19H19N5O3. The summed E-state index contributed by atoms with van der Waals surface area (Å²) in [4.78, 5) is 33.5. The third-order valence-corrected chi connectivity index (χ3v) is 4.28. The first-order chi connectivity index (χ1) is 12.8. The van der Waals surface area contributed by atoms with Gasteiger partial charge in [-0.25, -0.2) is 9.97 Å². The molecule has 1 aliphatic heterocycles. The monoisotopic (exact) mass is 365 g/mol. The van der Waals surface area contributed by atoms with E-state index in [1.807, 2.05) is 0 Å². The second-order valence-electron chi connectivity index (χ2n) is 6.24. The molecule has 138 valence electrons. The Kier molecular flexibility index (Phi) is 4.79. The lowest BCUT2D eigenvalue weighted by Gasteiger charge is -2.13. The molecule has 2 aromatic rings. The zero-order valence-electron chi connectivity index (χ0n) is 15.0. The van der Waals surface area contributed by atoms with Crippen molar-refractivity contribution in [2.24, 2.45) is 5.73 Å². The maximum absolute atomic E-state index is 12.0. The molecule has 1 aromatic heterocycles. The van der Waals surface area contributed by atoms with E-state index < -0.39 is 17.4 Å². The van der Waals surface area contributed by atoms with Crippen LogP contribution in [0, 0.1) is 11.8 Å². The Labute approximate surface area is 156 Å². The Hall–Kier alpha value is -3.44. The summed E-state index contributed by atoms with van der Waals surface area (Å²) in [7, 11) is 3.31. The van der Waals surface area contributed by atoms with Gasteiger partial charge in [0.15, 0.2) is 5.82 Å². The van der Waals surface area contributed by atoms with Crippen LogP contribution in [-0.4, -0.2) is 58.0 Å². The van der Waals surface area contributed by atoms with E-state index in [-0.39, 0.29) is 12.1 Å². The normalized spacial score (nSPS) is 18.8. The number of nitrogens with two attached hydrogens (primary N) is 1. The summed E-state index contributed by atoms with van der Waals surface area (Å²) in [6.45, 7) is 0.463. The van der Waals surface area contributed by atoms with Crippen LogP contribution >= 0.6 is 0 Å². The molecule has 2 heterocycles. The number of carbonyl (C=O) groups is 2. The van der Waals surface area contributed by atoms with Crippen molar-refractivity contribution in [1.82, 2.24) is 14.9 Å². The van der Waals surface area contributed by atoms with E-state index in [1.54, 1.807) is 38.4 Å². The van der Waals surface area contributed by atoms with Crippen LogP contribution in [0.3, 0.4) is 0 Å². The number of nitrogens with zero attached hydrogens (tertiary/aromatic N) is 3. The zero-order valence-corrected chi connectivity index (χ0v) is 15.0. The van der Waals surface area contributed by atoms with E-state index in [0.29, 0.717) is 29.3 Å². The fourth-order valence-electron chi connectivity index (χ4n) is 2.71. The SMILES string of the molecule is CNc1cc(C(N)=O)nc(-c2cccc(C#C[C@]3(O)CCN(C)C3=O)c2)n1. The molecule has 0 saturated carbocycles. The Morgan fingerprint density at radius 2 is 2.15 bits per heavy atom. The van der Waals surface area contributed by atoms with E-state index >= 15 is 0 Å². The van der Waals surface area contributed by atoms with Crippen molar-refractivity contribution in [1.29, 1.82) is 0 Å². The minimum absolute atomic E-state index is 0.0923. The van der Waals surface area contributed by atoms with E-state index in [1.165, 1.54) is 11.0 Å². The fraction of sp³-hybridized carbons (Fsp3) is 0.263. The van der Waals surface area contributed by atoms with Gasteiger partial charge < -0.3 is 21.1 Å². The quantitative estimate of drug-likeness (QED) is 0.670. The molecule has 1 aliphatic rings. The molecule has 8 nitrogen and oxygen atoms in total. The van der Waals surface area contributed by atoms with Gasteiger partial charge >= 0.3 is 0 Å². The molecule has 0 aliphatic carbocycles. The molecule has 1 fully saturated rings. The van der Waals surface area contributed by atoms with Gasteiger partial charge in [0.25, 0.3) is 11.8 Å². The van der Waals surface area contributed by atoms with Crippen molar-refractivity contribution >= 4 is 17.6 Å². The second-order valence-corrected chi connectivity index (χ2v) is 6.24. The van der Waals surface area contributed by atoms with Gasteiger partial charge in [-0.3, -0.25) is 9.59 Å². The van der Waals surface area contributed by atoms with Crippen molar-refractivity contribution in [2.45, 2.75) is 12.0 Å². The summed E-state index contributed by atoms with van der Waals surface area (Å²) < 4.78 is 0. The lowest BCUT2D eigenvalue weighted by atomic mass is 10.0. The summed E-state index contributed by atoms with van der Waals surface area (Å²) >= 11 is 0. The molecule has 8 heteroatoms. The van der Waals surface area contributed by atoms with Crippen molar-refractivity contribution in [2.75, 3.05) is 26.0 Å². The van der Waals surface area contributed by atoms with Crippen LogP contribution < -0.4 is 11.1 Å². The number of primary amides is 1. The summed E-state index contributed by atoms with van der Waals surface area (Å²) in [6.07, 6.45) is 0.268. The number of benzene rings is 1. The highest BCUT2D eigenvalue weighted by Crippen LogP contribution is 2.22. The molecule has 2 amide bonds. The summed E-state index contributed by atoms with van der Waals surface area (Å²) in [6, 6.07) is 8.46. The second kappa shape index (κ2) is 7.05. The lowest BCUT2D eigenvalue weighted by Crippen LogP contribution is -2.37. The molecule has 0 radical (unpaired) electrons. The smallest absolute Gasteiger partial charge is 0.267 e. The van der Waals surface area contributed by atoms with E-state index in [9.17, 15) is 14.7 Å². The fourth-order valence-corrected chi connectivity index (χ4v) is 2.71. The predicted octanol–water partition coefficient (Wildman–Crippen LogP) is 0.229. The number of amides is 2. The van der Waals surface area contributed by atoms with Gasteiger partial charge in [0.05, 0.1) is 0 Å². The summed E-state index contributed by atoms with van der Waals surface area (Å²) in [5, 5.41) is 13.3. The van der Waals surface area contributed by atoms with Gasteiger partial charge in [-0.2, -0.15) is 0 Å². The maximum atomic E-state index is 12.0.